The van der Waals surface area contributed by atoms with Gasteiger partial charge < -0.3 is 4.42 Å². The van der Waals surface area contributed by atoms with Gasteiger partial charge in [0.15, 0.2) is 0 Å². The highest BCUT2D eigenvalue weighted by molar-refractivity contribution is 7.84. The fourth-order valence-corrected chi connectivity index (χ4v) is 2.01. The van der Waals surface area contributed by atoms with Gasteiger partial charge in [-0.3, -0.25) is 4.55 Å². The van der Waals surface area contributed by atoms with Gasteiger partial charge in [0.25, 0.3) is 10.1 Å². The van der Waals surface area contributed by atoms with Crippen molar-refractivity contribution in [2.24, 2.45) is 0 Å². The molecule has 0 aliphatic carbocycles. The molecular formula is C10H8ClNO4S. The summed E-state index contributed by atoms with van der Waals surface area (Å²) < 4.78 is 35.1. The topological polar surface area (TPSA) is 80.4 Å². The maximum absolute atomic E-state index is 10.7. The van der Waals surface area contributed by atoms with E-state index in [2.05, 4.69) is 4.98 Å². The lowest BCUT2D eigenvalue weighted by atomic mass is 10.2. The molecule has 1 heterocycles. The van der Waals surface area contributed by atoms with Crippen LogP contribution in [-0.4, -0.2) is 18.0 Å². The molecule has 5 nitrogen and oxygen atoms in total. The van der Waals surface area contributed by atoms with Crippen molar-refractivity contribution in [1.82, 2.24) is 4.98 Å². The van der Waals surface area contributed by atoms with Crippen LogP contribution in [0.5, 0.6) is 0 Å². The minimum absolute atomic E-state index is 0.141. The molecule has 17 heavy (non-hydrogen) atoms. The summed E-state index contributed by atoms with van der Waals surface area (Å²) in [7, 11) is -4.10. The lowest BCUT2D eigenvalue weighted by molar-refractivity contribution is 0.481. The number of hydrogen-bond donors (Lipinski definition) is 1. The summed E-state index contributed by atoms with van der Waals surface area (Å²) >= 11 is 5.80. The summed E-state index contributed by atoms with van der Waals surface area (Å²) in [5.41, 5.74) is 0.779. The van der Waals surface area contributed by atoms with Crippen molar-refractivity contribution in [3.05, 3.63) is 41.2 Å². The maximum atomic E-state index is 10.7. The Hall–Kier alpha value is -1.37. The summed E-state index contributed by atoms with van der Waals surface area (Å²) in [5.74, 6) is -0.317. The van der Waals surface area contributed by atoms with Crippen molar-refractivity contribution >= 4 is 21.7 Å². The molecule has 1 aromatic carbocycles. The highest BCUT2D eigenvalue weighted by atomic mass is 35.5. The Morgan fingerprint density at radius 2 is 2.18 bits per heavy atom. The van der Waals surface area contributed by atoms with Gasteiger partial charge in [0.05, 0.1) is 5.69 Å². The maximum Gasteiger partial charge on any atom is 0.270 e. The van der Waals surface area contributed by atoms with Crippen LogP contribution in [0.15, 0.2) is 34.9 Å². The number of hydrogen-bond acceptors (Lipinski definition) is 4. The third-order valence-corrected chi connectivity index (χ3v) is 2.85. The standard InChI is InChI=1S/C10H8ClNO4S/c11-8-3-1-2-7(4-8)10-12-9(5-16-10)6-17(13,14)15/h1-5H,6H2,(H,13,14,15). The predicted octanol–water partition coefficient (Wildman–Crippen LogP) is 2.38. The summed E-state index contributed by atoms with van der Waals surface area (Å²) in [5, 5.41) is 0.525. The minimum atomic E-state index is -4.10. The molecule has 0 atom stereocenters. The van der Waals surface area contributed by atoms with E-state index in [9.17, 15) is 8.42 Å². The molecular weight excluding hydrogens is 266 g/mol. The molecule has 2 aromatic rings. The largest absolute Gasteiger partial charge is 0.444 e. The normalized spacial score (nSPS) is 11.6. The van der Waals surface area contributed by atoms with E-state index in [0.717, 1.165) is 0 Å². The van der Waals surface area contributed by atoms with Gasteiger partial charge >= 0.3 is 0 Å². The number of benzene rings is 1. The van der Waals surface area contributed by atoms with Gasteiger partial charge in [-0.1, -0.05) is 17.7 Å². The lowest BCUT2D eigenvalue weighted by Gasteiger charge is -1.95. The molecule has 2 rings (SSSR count). The van der Waals surface area contributed by atoms with Crippen LogP contribution in [-0.2, 0) is 15.9 Å². The number of aromatic nitrogens is 1. The number of rotatable bonds is 3. The van der Waals surface area contributed by atoms with Crippen molar-refractivity contribution in [2.45, 2.75) is 5.75 Å². The zero-order chi connectivity index (χ0) is 12.5. The molecule has 0 fully saturated rings. The van der Waals surface area contributed by atoms with Gasteiger partial charge in [-0.15, -0.1) is 0 Å². The lowest BCUT2D eigenvalue weighted by Crippen LogP contribution is -2.01. The van der Waals surface area contributed by atoms with Crippen LogP contribution in [0.25, 0.3) is 11.5 Å². The molecule has 90 valence electrons. The third-order valence-electron chi connectivity index (χ3n) is 1.95. The van der Waals surface area contributed by atoms with Crippen molar-refractivity contribution in [3.63, 3.8) is 0 Å². The second-order valence-electron chi connectivity index (χ2n) is 3.38. The van der Waals surface area contributed by atoms with Gasteiger partial charge in [0.2, 0.25) is 5.89 Å². The first-order chi connectivity index (χ1) is 7.94. The van der Waals surface area contributed by atoms with E-state index in [1.807, 2.05) is 0 Å². The molecule has 0 spiro atoms. The predicted molar refractivity (Wildman–Crippen MR) is 62.2 cm³/mol. The summed E-state index contributed by atoms with van der Waals surface area (Å²) in [6.45, 7) is 0. The molecule has 0 amide bonds. The molecule has 0 aliphatic heterocycles. The minimum Gasteiger partial charge on any atom is -0.444 e. The molecule has 0 saturated carbocycles. The first kappa shape index (κ1) is 12.1. The summed E-state index contributed by atoms with van der Waals surface area (Å²) in [6.07, 6.45) is 1.18. The molecule has 1 aromatic heterocycles. The molecule has 0 radical (unpaired) electrons. The fourth-order valence-electron chi connectivity index (χ4n) is 1.31. The van der Waals surface area contributed by atoms with Crippen LogP contribution in [0.2, 0.25) is 5.02 Å². The highest BCUT2D eigenvalue weighted by Gasteiger charge is 2.12. The fraction of sp³-hybridized carbons (Fsp3) is 0.100. The monoisotopic (exact) mass is 273 g/mol. The van der Waals surface area contributed by atoms with Crippen LogP contribution in [0.3, 0.4) is 0 Å². The average Bonchev–Trinajstić information content (AvgIpc) is 2.63. The van der Waals surface area contributed by atoms with E-state index in [4.69, 9.17) is 20.6 Å². The van der Waals surface area contributed by atoms with Crippen molar-refractivity contribution in [2.75, 3.05) is 0 Å². The van der Waals surface area contributed by atoms with Crippen LogP contribution < -0.4 is 0 Å². The zero-order valence-corrected chi connectivity index (χ0v) is 10.1. The molecule has 0 unspecified atom stereocenters. The van der Waals surface area contributed by atoms with Gasteiger partial charge in [-0.2, -0.15) is 8.42 Å². The van der Waals surface area contributed by atoms with Gasteiger partial charge in [-0.25, -0.2) is 4.98 Å². The summed E-state index contributed by atoms with van der Waals surface area (Å²) in [6, 6.07) is 6.80. The number of nitrogens with zero attached hydrogens (tertiary/aromatic N) is 1. The Morgan fingerprint density at radius 1 is 1.41 bits per heavy atom. The van der Waals surface area contributed by atoms with E-state index in [-0.39, 0.29) is 11.6 Å². The number of halogens is 1. The van der Waals surface area contributed by atoms with Crippen LogP contribution in [0.4, 0.5) is 0 Å². The molecule has 7 heteroatoms. The van der Waals surface area contributed by atoms with Gasteiger partial charge in [0, 0.05) is 10.6 Å². The molecule has 0 aliphatic rings. The molecule has 1 N–H and O–H groups in total. The highest BCUT2D eigenvalue weighted by Crippen LogP contribution is 2.22. The van der Waals surface area contributed by atoms with Crippen LogP contribution in [0, 0.1) is 0 Å². The van der Waals surface area contributed by atoms with Crippen molar-refractivity contribution in [1.29, 1.82) is 0 Å². The molecule has 0 bridgehead atoms. The number of oxazole rings is 1. The van der Waals surface area contributed by atoms with E-state index < -0.39 is 15.9 Å². The molecule has 0 saturated heterocycles. The van der Waals surface area contributed by atoms with Crippen LogP contribution in [0.1, 0.15) is 5.69 Å². The van der Waals surface area contributed by atoms with E-state index in [0.29, 0.717) is 10.6 Å². The smallest absolute Gasteiger partial charge is 0.270 e. The first-order valence-electron chi connectivity index (χ1n) is 4.59. The Bertz CT molecular complexity index is 635. The Morgan fingerprint density at radius 3 is 2.82 bits per heavy atom. The SMILES string of the molecule is O=S(=O)(O)Cc1coc(-c2cccc(Cl)c2)n1. The third kappa shape index (κ3) is 3.29. The quantitative estimate of drug-likeness (QED) is 0.869. The summed E-state index contributed by atoms with van der Waals surface area (Å²) in [4.78, 5) is 3.94. The Kier molecular flexibility index (Phi) is 3.19. The van der Waals surface area contributed by atoms with Gasteiger partial charge in [-0.05, 0) is 18.2 Å². The van der Waals surface area contributed by atoms with Crippen LogP contribution >= 0.6 is 11.6 Å². The Balaban J connectivity index is 2.30. The van der Waals surface area contributed by atoms with Gasteiger partial charge in [0.1, 0.15) is 12.0 Å². The van der Waals surface area contributed by atoms with E-state index in [1.54, 1.807) is 24.3 Å². The second-order valence-corrected chi connectivity index (χ2v) is 5.27. The van der Waals surface area contributed by atoms with E-state index in [1.165, 1.54) is 6.26 Å². The first-order valence-corrected chi connectivity index (χ1v) is 6.58. The van der Waals surface area contributed by atoms with E-state index >= 15 is 0 Å². The van der Waals surface area contributed by atoms with Crippen molar-refractivity contribution in [3.8, 4) is 11.5 Å². The van der Waals surface area contributed by atoms with Crippen molar-refractivity contribution < 1.29 is 17.4 Å². The second kappa shape index (κ2) is 4.48. The zero-order valence-electron chi connectivity index (χ0n) is 8.50. The Labute approximate surface area is 103 Å². The average molecular weight is 274 g/mol.